The van der Waals surface area contributed by atoms with Crippen molar-refractivity contribution in [3.05, 3.63) is 46.8 Å². The Morgan fingerprint density at radius 1 is 1.17 bits per heavy atom. The molecule has 0 spiro atoms. The van der Waals surface area contributed by atoms with Gasteiger partial charge in [0.05, 0.1) is 17.2 Å². The molecule has 1 aromatic carbocycles. The summed E-state index contributed by atoms with van der Waals surface area (Å²) in [4.78, 5) is 0.244. The molecule has 7 nitrogen and oxygen atoms in total. The molecule has 0 fully saturated rings. The van der Waals surface area contributed by atoms with E-state index in [1.165, 1.54) is 7.11 Å². The Bertz CT molecular complexity index is 735. The van der Waals surface area contributed by atoms with Crippen molar-refractivity contribution in [3.63, 3.8) is 0 Å². The van der Waals surface area contributed by atoms with Gasteiger partial charge >= 0.3 is 0 Å². The van der Waals surface area contributed by atoms with Crippen LogP contribution in [0.4, 0.5) is 0 Å². The van der Waals surface area contributed by atoms with Gasteiger partial charge in [-0.05, 0) is 31.5 Å². The van der Waals surface area contributed by atoms with Gasteiger partial charge < -0.3 is 14.6 Å². The van der Waals surface area contributed by atoms with Crippen LogP contribution >= 0.6 is 0 Å². The zero-order valence-corrected chi connectivity index (χ0v) is 14.9. The van der Waals surface area contributed by atoms with Gasteiger partial charge in [-0.3, -0.25) is 0 Å². The number of benzene rings is 1. The van der Waals surface area contributed by atoms with Gasteiger partial charge in [-0.25, -0.2) is 13.1 Å². The number of hydrogen-bond donors (Lipinski definition) is 2. The predicted octanol–water partition coefficient (Wildman–Crippen LogP) is 1.51. The van der Waals surface area contributed by atoms with Gasteiger partial charge in [0.1, 0.15) is 5.76 Å². The standard InChI is InChI=1S/C16H23N3O4S/c1-12-16(13(2)23-19-12)11-17-10-14-4-6-15(7-5-14)24(20,21)18-8-9-22-3/h4-7,17-18H,8-11H2,1-3H3. The van der Waals surface area contributed by atoms with Gasteiger partial charge in [0.2, 0.25) is 10.0 Å². The predicted molar refractivity (Wildman–Crippen MR) is 90.0 cm³/mol. The molecule has 0 aliphatic carbocycles. The molecule has 2 rings (SSSR count). The van der Waals surface area contributed by atoms with E-state index in [9.17, 15) is 8.42 Å². The second-order valence-corrected chi connectivity index (χ2v) is 7.21. The Labute approximate surface area is 142 Å². The maximum Gasteiger partial charge on any atom is 0.240 e. The normalized spacial score (nSPS) is 11.8. The quantitative estimate of drug-likeness (QED) is 0.664. The molecule has 0 saturated carbocycles. The van der Waals surface area contributed by atoms with Crippen molar-refractivity contribution in [2.45, 2.75) is 31.8 Å². The van der Waals surface area contributed by atoms with Crippen LogP contribution in [0.5, 0.6) is 0 Å². The number of ether oxygens (including phenoxy) is 1. The zero-order chi connectivity index (χ0) is 17.6. The maximum absolute atomic E-state index is 12.1. The number of methoxy groups -OCH3 is 1. The highest BCUT2D eigenvalue weighted by molar-refractivity contribution is 7.89. The summed E-state index contributed by atoms with van der Waals surface area (Å²) in [5, 5.41) is 7.22. The third-order valence-corrected chi connectivity index (χ3v) is 5.12. The minimum Gasteiger partial charge on any atom is -0.383 e. The van der Waals surface area contributed by atoms with Gasteiger partial charge in [0, 0.05) is 32.3 Å². The van der Waals surface area contributed by atoms with E-state index >= 15 is 0 Å². The lowest BCUT2D eigenvalue weighted by Crippen LogP contribution is -2.27. The monoisotopic (exact) mass is 353 g/mol. The van der Waals surface area contributed by atoms with Crippen molar-refractivity contribution in [2.75, 3.05) is 20.3 Å². The third kappa shape index (κ3) is 4.88. The third-order valence-electron chi connectivity index (χ3n) is 3.64. The first-order chi connectivity index (χ1) is 11.4. The van der Waals surface area contributed by atoms with E-state index in [1.54, 1.807) is 24.3 Å². The van der Waals surface area contributed by atoms with Crippen molar-refractivity contribution in [1.29, 1.82) is 0 Å². The number of nitrogens with one attached hydrogen (secondary N) is 2. The Hall–Kier alpha value is -1.74. The molecule has 2 aromatic rings. The SMILES string of the molecule is COCCNS(=O)(=O)c1ccc(CNCc2c(C)noc2C)cc1. The molecule has 1 heterocycles. The fourth-order valence-electron chi connectivity index (χ4n) is 2.23. The van der Waals surface area contributed by atoms with Gasteiger partial charge in [-0.1, -0.05) is 17.3 Å². The number of nitrogens with zero attached hydrogens (tertiary/aromatic N) is 1. The highest BCUT2D eigenvalue weighted by Crippen LogP contribution is 2.13. The largest absolute Gasteiger partial charge is 0.383 e. The molecule has 0 amide bonds. The first kappa shape index (κ1) is 18.6. The number of rotatable bonds is 9. The lowest BCUT2D eigenvalue weighted by Gasteiger charge is -2.08. The van der Waals surface area contributed by atoms with E-state index in [0.717, 1.165) is 22.6 Å². The van der Waals surface area contributed by atoms with Crippen LogP contribution in [0.15, 0.2) is 33.7 Å². The molecule has 0 saturated heterocycles. The lowest BCUT2D eigenvalue weighted by atomic mass is 10.2. The van der Waals surface area contributed by atoms with E-state index < -0.39 is 10.0 Å². The van der Waals surface area contributed by atoms with Gasteiger partial charge in [-0.2, -0.15) is 0 Å². The van der Waals surface area contributed by atoms with Crippen molar-refractivity contribution in [2.24, 2.45) is 0 Å². The molecule has 0 bridgehead atoms. The fraction of sp³-hybridized carbons (Fsp3) is 0.438. The summed E-state index contributed by atoms with van der Waals surface area (Å²) in [5.74, 6) is 0.809. The summed E-state index contributed by atoms with van der Waals surface area (Å²) in [5.41, 5.74) is 2.93. The molecule has 8 heteroatoms. The van der Waals surface area contributed by atoms with Crippen LogP contribution in [0.3, 0.4) is 0 Å². The first-order valence-electron chi connectivity index (χ1n) is 7.64. The van der Waals surface area contributed by atoms with Crippen molar-refractivity contribution >= 4 is 10.0 Å². The van der Waals surface area contributed by atoms with Gasteiger partial charge in [0.25, 0.3) is 0 Å². The molecule has 0 radical (unpaired) electrons. The maximum atomic E-state index is 12.1. The summed E-state index contributed by atoms with van der Waals surface area (Å²) in [6, 6.07) is 6.79. The van der Waals surface area contributed by atoms with Crippen molar-refractivity contribution in [1.82, 2.24) is 15.2 Å². The van der Waals surface area contributed by atoms with Crippen molar-refractivity contribution in [3.8, 4) is 0 Å². The molecular weight excluding hydrogens is 330 g/mol. The summed E-state index contributed by atoms with van der Waals surface area (Å²) >= 11 is 0. The van der Waals surface area contributed by atoms with Crippen LogP contribution in [0.1, 0.15) is 22.6 Å². The Kier molecular flexibility index (Phi) is 6.50. The van der Waals surface area contributed by atoms with E-state index in [2.05, 4.69) is 15.2 Å². The van der Waals surface area contributed by atoms with Gasteiger partial charge in [0.15, 0.2) is 0 Å². The molecule has 2 N–H and O–H groups in total. The molecule has 0 aliphatic heterocycles. The molecule has 1 aromatic heterocycles. The Morgan fingerprint density at radius 2 is 1.88 bits per heavy atom. The van der Waals surface area contributed by atoms with E-state index in [0.29, 0.717) is 19.7 Å². The van der Waals surface area contributed by atoms with Gasteiger partial charge in [-0.15, -0.1) is 0 Å². The molecule has 132 valence electrons. The van der Waals surface area contributed by atoms with Crippen LogP contribution in [0.2, 0.25) is 0 Å². The van der Waals surface area contributed by atoms with E-state index in [-0.39, 0.29) is 11.4 Å². The van der Waals surface area contributed by atoms with E-state index in [4.69, 9.17) is 9.26 Å². The van der Waals surface area contributed by atoms with Crippen LogP contribution in [0, 0.1) is 13.8 Å². The molecule has 0 aliphatic rings. The lowest BCUT2D eigenvalue weighted by molar-refractivity contribution is 0.204. The number of hydrogen-bond acceptors (Lipinski definition) is 6. The van der Waals surface area contributed by atoms with Crippen LogP contribution < -0.4 is 10.0 Å². The highest BCUT2D eigenvalue weighted by Gasteiger charge is 2.13. The van der Waals surface area contributed by atoms with E-state index in [1.807, 2.05) is 13.8 Å². The molecular formula is C16H23N3O4S. The first-order valence-corrected chi connectivity index (χ1v) is 9.12. The molecule has 0 atom stereocenters. The Morgan fingerprint density at radius 3 is 2.46 bits per heavy atom. The number of aryl methyl sites for hydroxylation is 2. The second-order valence-electron chi connectivity index (χ2n) is 5.44. The van der Waals surface area contributed by atoms with Crippen LogP contribution in [0.25, 0.3) is 0 Å². The summed E-state index contributed by atoms with van der Waals surface area (Å²) < 4.78 is 36.6. The summed E-state index contributed by atoms with van der Waals surface area (Å²) in [7, 11) is -1.96. The second kappa shape index (κ2) is 8.39. The summed E-state index contributed by atoms with van der Waals surface area (Å²) in [6.45, 7) is 5.65. The molecule has 0 unspecified atom stereocenters. The zero-order valence-electron chi connectivity index (χ0n) is 14.1. The minimum absolute atomic E-state index is 0.244. The average molecular weight is 353 g/mol. The van der Waals surface area contributed by atoms with Crippen LogP contribution in [-0.2, 0) is 27.8 Å². The Balaban J connectivity index is 1.90. The minimum atomic E-state index is -3.49. The highest BCUT2D eigenvalue weighted by atomic mass is 32.2. The topological polar surface area (TPSA) is 93.5 Å². The average Bonchev–Trinajstić information content (AvgIpc) is 2.87. The van der Waals surface area contributed by atoms with Crippen LogP contribution in [-0.4, -0.2) is 33.8 Å². The fourth-order valence-corrected chi connectivity index (χ4v) is 3.25. The molecule has 24 heavy (non-hydrogen) atoms. The summed E-state index contributed by atoms with van der Waals surface area (Å²) in [6.07, 6.45) is 0. The number of aromatic nitrogens is 1. The number of sulfonamides is 1. The smallest absolute Gasteiger partial charge is 0.240 e. The van der Waals surface area contributed by atoms with Crippen molar-refractivity contribution < 1.29 is 17.7 Å².